The Labute approximate surface area is 284 Å². The van der Waals surface area contributed by atoms with E-state index in [9.17, 15) is 0 Å². The van der Waals surface area contributed by atoms with E-state index in [-0.39, 0.29) is 0 Å². The highest BCUT2D eigenvalue weighted by Crippen LogP contribution is 2.62. The van der Waals surface area contributed by atoms with Gasteiger partial charge in [0, 0.05) is 0 Å². The Morgan fingerprint density at radius 1 is 0.286 bits per heavy atom. The van der Waals surface area contributed by atoms with E-state index in [1.165, 1.54) is 98.4 Å². The molecule has 1 aliphatic rings. The maximum atomic E-state index is 2.40. The van der Waals surface area contributed by atoms with Crippen molar-refractivity contribution in [1.29, 1.82) is 0 Å². The van der Waals surface area contributed by atoms with Crippen LogP contribution in [-0.4, -0.2) is 0 Å². The van der Waals surface area contributed by atoms with Crippen molar-refractivity contribution < 1.29 is 0 Å². The molecular weight excluding hydrogens is 589 g/mol. The van der Waals surface area contributed by atoms with Crippen LogP contribution in [0.5, 0.6) is 0 Å². The highest BCUT2D eigenvalue weighted by Gasteiger charge is 2.48. The summed E-state index contributed by atoms with van der Waals surface area (Å²) in [5, 5.41) is 13.1. The molecule has 1 aliphatic carbocycles. The molecule has 0 aromatic heterocycles. The molecule has 0 bridgehead atoms. The van der Waals surface area contributed by atoms with Gasteiger partial charge in [-0.25, -0.2) is 0 Å². The van der Waals surface area contributed by atoms with E-state index in [1.807, 2.05) is 0 Å². The zero-order chi connectivity index (χ0) is 32.1. The fourth-order valence-corrected chi connectivity index (χ4v) is 9.40. The Morgan fingerprint density at radius 3 is 1.51 bits per heavy atom. The third-order valence-electron chi connectivity index (χ3n) is 11.3. The van der Waals surface area contributed by atoms with Gasteiger partial charge >= 0.3 is 0 Å². The Bertz CT molecular complexity index is 2860. The summed E-state index contributed by atoms with van der Waals surface area (Å²) >= 11 is 0. The number of hydrogen-bond donors (Lipinski definition) is 0. The molecule has 0 heterocycles. The predicted octanol–water partition coefficient (Wildman–Crippen LogP) is 12.9. The molecule has 0 heteroatoms. The van der Waals surface area contributed by atoms with Gasteiger partial charge < -0.3 is 0 Å². The molecule has 0 radical (unpaired) electrons. The van der Waals surface area contributed by atoms with Crippen molar-refractivity contribution in [2.24, 2.45) is 0 Å². The van der Waals surface area contributed by atoms with Crippen molar-refractivity contribution in [3.05, 3.63) is 204 Å². The second-order valence-electron chi connectivity index (χ2n) is 13.5. The van der Waals surface area contributed by atoms with Crippen molar-refractivity contribution in [1.82, 2.24) is 0 Å². The van der Waals surface area contributed by atoms with E-state index in [4.69, 9.17) is 0 Å². The first-order valence-electron chi connectivity index (χ1n) is 17.2. The summed E-state index contributed by atoms with van der Waals surface area (Å²) in [7, 11) is 0. The first-order valence-corrected chi connectivity index (χ1v) is 17.2. The number of fused-ring (bicyclic) bond motifs is 8. The number of hydrogen-bond acceptors (Lipinski definition) is 0. The lowest BCUT2D eigenvalue weighted by molar-refractivity contribution is 0.776. The summed E-state index contributed by atoms with van der Waals surface area (Å²) in [5.74, 6) is 0. The van der Waals surface area contributed by atoms with Crippen LogP contribution < -0.4 is 0 Å². The molecule has 10 aromatic carbocycles. The SMILES string of the molecule is c1ccc(C2(c3ccccc3)c3cccc(-c4ccc5ccc6cccc7ccc4c5c67)c3-c3c2c2ccccc2c2ccccc32)cc1. The van der Waals surface area contributed by atoms with Crippen molar-refractivity contribution in [2.45, 2.75) is 5.41 Å². The Morgan fingerprint density at radius 2 is 0.816 bits per heavy atom. The van der Waals surface area contributed by atoms with Crippen LogP contribution in [0, 0.1) is 0 Å². The number of rotatable bonds is 3. The van der Waals surface area contributed by atoms with E-state index >= 15 is 0 Å². The van der Waals surface area contributed by atoms with Gasteiger partial charge in [-0.2, -0.15) is 0 Å². The second kappa shape index (κ2) is 9.89. The average molecular weight is 619 g/mol. The third-order valence-corrected chi connectivity index (χ3v) is 11.3. The zero-order valence-corrected chi connectivity index (χ0v) is 26.8. The van der Waals surface area contributed by atoms with Crippen LogP contribution >= 0.6 is 0 Å². The first-order chi connectivity index (χ1) is 24.3. The predicted molar refractivity (Wildman–Crippen MR) is 208 cm³/mol. The smallest absolute Gasteiger partial charge is 0.0622 e. The molecule has 10 aromatic rings. The van der Waals surface area contributed by atoms with Crippen molar-refractivity contribution >= 4 is 53.9 Å². The summed E-state index contributed by atoms with van der Waals surface area (Å²) in [4.78, 5) is 0. The molecular formula is C49H30. The van der Waals surface area contributed by atoms with E-state index in [2.05, 4.69) is 182 Å². The van der Waals surface area contributed by atoms with E-state index in [1.54, 1.807) is 0 Å². The Hall–Kier alpha value is -6.24. The van der Waals surface area contributed by atoms with Gasteiger partial charge in [-0.3, -0.25) is 0 Å². The second-order valence-corrected chi connectivity index (χ2v) is 13.5. The maximum Gasteiger partial charge on any atom is 0.0720 e. The molecule has 0 fully saturated rings. The standard InChI is InChI=1S/C49H30/c1-3-15-34(16-4-1)49(35-17-5-2-6-18-35)43-24-12-23-39(38-29-27-33-26-25-31-13-11-14-32-28-30-41(38)45(33)44(31)32)46(43)47-40-21-9-7-19-36(40)37-20-8-10-22-42(37)48(47)49/h1-30H. The maximum absolute atomic E-state index is 2.40. The minimum absolute atomic E-state index is 0.517. The molecule has 0 atom stereocenters. The molecule has 0 amide bonds. The van der Waals surface area contributed by atoms with Crippen LogP contribution in [-0.2, 0) is 5.41 Å². The lowest BCUT2D eigenvalue weighted by Gasteiger charge is -2.35. The van der Waals surface area contributed by atoms with E-state index in [0.29, 0.717) is 0 Å². The fraction of sp³-hybridized carbons (Fsp3) is 0.0204. The third kappa shape index (κ3) is 3.43. The van der Waals surface area contributed by atoms with Crippen molar-refractivity contribution in [3.63, 3.8) is 0 Å². The summed E-state index contributed by atoms with van der Waals surface area (Å²) in [6.07, 6.45) is 0. The monoisotopic (exact) mass is 618 g/mol. The quantitative estimate of drug-likeness (QED) is 0.173. The normalized spacial score (nSPS) is 13.5. The van der Waals surface area contributed by atoms with E-state index in [0.717, 1.165) is 0 Å². The molecule has 0 aliphatic heterocycles. The Kier molecular flexibility index (Phi) is 5.41. The largest absolute Gasteiger partial charge is 0.0720 e. The van der Waals surface area contributed by atoms with Crippen molar-refractivity contribution in [2.75, 3.05) is 0 Å². The van der Waals surface area contributed by atoms with Crippen LogP contribution in [0.1, 0.15) is 22.3 Å². The van der Waals surface area contributed by atoms with Crippen LogP contribution in [0.4, 0.5) is 0 Å². The summed E-state index contributed by atoms with van der Waals surface area (Å²) in [6, 6.07) is 68.2. The molecule has 0 N–H and O–H groups in total. The van der Waals surface area contributed by atoms with E-state index < -0.39 is 5.41 Å². The Balaban J connectivity index is 1.38. The lowest BCUT2D eigenvalue weighted by atomic mass is 9.66. The highest BCUT2D eigenvalue weighted by atomic mass is 14.5. The van der Waals surface area contributed by atoms with Gasteiger partial charge in [0.05, 0.1) is 5.41 Å². The fourth-order valence-electron chi connectivity index (χ4n) is 9.40. The van der Waals surface area contributed by atoms with Crippen LogP contribution in [0.2, 0.25) is 0 Å². The first kappa shape index (κ1) is 26.8. The minimum atomic E-state index is -0.517. The van der Waals surface area contributed by atoms with Crippen LogP contribution in [0.15, 0.2) is 182 Å². The van der Waals surface area contributed by atoms with Gasteiger partial charge in [0.25, 0.3) is 0 Å². The highest BCUT2D eigenvalue weighted by molar-refractivity contribution is 6.27. The molecule has 11 rings (SSSR count). The summed E-state index contributed by atoms with van der Waals surface area (Å²) < 4.78 is 0. The minimum Gasteiger partial charge on any atom is -0.0622 e. The average Bonchev–Trinajstić information content (AvgIpc) is 3.50. The van der Waals surface area contributed by atoms with Crippen LogP contribution in [0.25, 0.3) is 76.1 Å². The lowest BCUT2D eigenvalue weighted by Crippen LogP contribution is -2.28. The van der Waals surface area contributed by atoms with Gasteiger partial charge in [0.2, 0.25) is 0 Å². The molecule has 226 valence electrons. The van der Waals surface area contributed by atoms with Gasteiger partial charge in [0.1, 0.15) is 0 Å². The summed E-state index contributed by atoms with van der Waals surface area (Å²) in [6.45, 7) is 0. The van der Waals surface area contributed by atoms with Gasteiger partial charge in [-0.1, -0.05) is 182 Å². The molecule has 49 heavy (non-hydrogen) atoms. The topological polar surface area (TPSA) is 0 Å². The molecule has 0 saturated heterocycles. The number of benzene rings is 10. The van der Waals surface area contributed by atoms with Gasteiger partial charge in [-0.05, 0) is 98.4 Å². The molecule has 0 saturated carbocycles. The molecule has 0 spiro atoms. The molecule has 0 unspecified atom stereocenters. The van der Waals surface area contributed by atoms with Crippen molar-refractivity contribution in [3.8, 4) is 22.3 Å². The van der Waals surface area contributed by atoms with Crippen LogP contribution in [0.3, 0.4) is 0 Å². The van der Waals surface area contributed by atoms with Gasteiger partial charge in [0.15, 0.2) is 0 Å². The zero-order valence-electron chi connectivity index (χ0n) is 26.8. The van der Waals surface area contributed by atoms with Gasteiger partial charge in [-0.15, -0.1) is 0 Å². The summed E-state index contributed by atoms with van der Waals surface area (Å²) in [5.41, 5.74) is 10.0. The molecule has 0 nitrogen and oxygen atoms in total.